The van der Waals surface area contributed by atoms with Crippen LogP contribution in [-0.4, -0.2) is 35.9 Å². The van der Waals surface area contributed by atoms with Gasteiger partial charge < -0.3 is 18.8 Å². The predicted molar refractivity (Wildman–Crippen MR) is 71.2 cm³/mol. The van der Waals surface area contributed by atoms with Crippen LogP contribution in [0.3, 0.4) is 0 Å². The smallest absolute Gasteiger partial charge is 0.205 e. The van der Waals surface area contributed by atoms with Crippen molar-refractivity contribution in [3.05, 3.63) is 48.3 Å². The molecule has 1 fully saturated rings. The first kappa shape index (κ1) is 13.1. The molecule has 0 aliphatic carbocycles. The van der Waals surface area contributed by atoms with Gasteiger partial charge in [0.2, 0.25) is 5.78 Å². The molecule has 2 aromatic heterocycles. The molecule has 0 saturated carbocycles. The molecule has 1 N–H and O–H groups in total. The Bertz CT molecular complexity index is 575. The SMILES string of the molecule is CN1CC[C@@](O)(c2ccco2)[C@H](C(=O)c2ccco2)C1. The lowest BCUT2D eigenvalue weighted by Gasteiger charge is -2.41. The van der Waals surface area contributed by atoms with Crippen LogP contribution in [0.25, 0.3) is 0 Å². The quantitative estimate of drug-likeness (QED) is 0.866. The Morgan fingerprint density at radius 3 is 2.75 bits per heavy atom. The molecule has 2 aromatic rings. The van der Waals surface area contributed by atoms with Gasteiger partial charge >= 0.3 is 0 Å². The van der Waals surface area contributed by atoms with E-state index >= 15 is 0 Å². The summed E-state index contributed by atoms with van der Waals surface area (Å²) in [4.78, 5) is 14.6. The molecule has 20 heavy (non-hydrogen) atoms. The fraction of sp³-hybridized carbons (Fsp3) is 0.400. The summed E-state index contributed by atoms with van der Waals surface area (Å²) in [5.74, 6) is -0.0789. The number of furan rings is 2. The number of hydrogen-bond acceptors (Lipinski definition) is 5. The van der Waals surface area contributed by atoms with Gasteiger partial charge in [0.15, 0.2) is 5.76 Å². The molecule has 0 amide bonds. The van der Waals surface area contributed by atoms with Gasteiger partial charge in [0.1, 0.15) is 11.4 Å². The third kappa shape index (κ3) is 2.09. The molecule has 1 saturated heterocycles. The Morgan fingerprint density at radius 2 is 2.10 bits per heavy atom. The highest BCUT2D eigenvalue weighted by Crippen LogP contribution is 2.39. The zero-order valence-electron chi connectivity index (χ0n) is 11.3. The Balaban J connectivity index is 1.97. The van der Waals surface area contributed by atoms with Gasteiger partial charge in [-0.05, 0) is 37.7 Å². The molecule has 3 heterocycles. The van der Waals surface area contributed by atoms with Crippen LogP contribution in [0, 0.1) is 5.92 Å². The van der Waals surface area contributed by atoms with Crippen molar-refractivity contribution in [3.8, 4) is 0 Å². The third-order valence-electron chi connectivity index (χ3n) is 3.97. The van der Waals surface area contributed by atoms with Crippen LogP contribution < -0.4 is 0 Å². The Kier molecular flexibility index (Phi) is 3.23. The van der Waals surface area contributed by atoms with E-state index in [9.17, 15) is 9.90 Å². The van der Waals surface area contributed by atoms with Crippen LogP contribution in [0.1, 0.15) is 22.7 Å². The zero-order valence-corrected chi connectivity index (χ0v) is 11.3. The Morgan fingerprint density at radius 1 is 1.35 bits per heavy atom. The number of carbonyl (C=O) groups excluding carboxylic acids is 1. The molecule has 0 unspecified atom stereocenters. The van der Waals surface area contributed by atoms with Crippen molar-refractivity contribution in [3.63, 3.8) is 0 Å². The van der Waals surface area contributed by atoms with Crippen LogP contribution in [0.15, 0.2) is 45.6 Å². The maximum Gasteiger partial charge on any atom is 0.205 e. The number of Topliss-reactive ketones (excluding diaryl/α,β-unsaturated/α-hetero) is 1. The van der Waals surface area contributed by atoms with Crippen LogP contribution >= 0.6 is 0 Å². The molecule has 0 aromatic carbocycles. The van der Waals surface area contributed by atoms with E-state index < -0.39 is 11.5 Å². The first-order valence-corrected chi connectivity index (χ1v) is 6.64. The summed E-state index contributed by atoms with van der Waals surface area (Å²) in [6.07, 6.45) is 3.43. The number of rotatable bonds is 3. The fourth-order valence-electron chi connectivity index (χ4n) is 2.80. The van der Waals surface area contributed by atoms with Crippen molar-refractivity contribution in [2.24, 2.45) is 5.92 Å². The number of hydrogen-bond donors (Lipinski definition) is 1. The minimum absolute atomic E-state index is 0.194. The number of ketones is 1. The maximum atomic E-state index is 12.6. The summed E-state index contributed by atoms with van der Waals surface area (Å²) in [6, 6.07) is 6.74. The lowest BCUT2D eigenvalue weighted by atomic mass is 9.76. The lowest BCUT2D eigenvalue weighted by molar-refractivity contribution is -0.0740. The van der Waals surface area contributed by atoms with Gasteiger partial charge in [-0.25, -0.2) is 0 Å². The van der Waals surface area contributed by atoms with E-state index in [4.69, 9.17) is 8.83 Å². The van der Waals surface area contributed by atoms with Crippen molar-refractivity contribution in [2.75, 3.05) is 20.1 Å². The van der Waals surface area contributed by atoms with Crippen molar-refractivity contribution in [1.82, 2.24) is 4.90 Å². The minimum atomic E-state index is -1.28. The second-order valence-corrected chi connectivity index (χ2v) is 5.31. The predicted octanol–water partition coefficient (Wildman–Crippen LogP) is 1.89. The minimum Gasteiger partial charge on any atom is -0.466 e. The molecule has 106 valence electrons. The second-order valence-electron chi connectivity index (χ2n) is 5.31. The first-order valence-electron chi connectivity index (χ1n) is 6.64. The standard InChI is InChI=1S/C15H17NO4/c1-16-7-6-15(18,13-5-3-9-20-13)11(10-16)14(17)12-4-2-8-19-12/h2-5,8-9,11,18H,6-7,10H2,1H3/t11-,15-/m0/s1. The average molecular weight is 275 g/mol. The van der Waals surface area contributed by atoms with Crippen molar-refractivity contribution < 1.29 is 18.7 Å². The van der Waals surface area contributed by atoms with E-state index in [1.54, 1.807) is 24.3 Å². The molecule has 5 heteroatoms. The normalized spacial score (nSPS) is 27.6. The molecule has 1 aliphatic rings. The van der Waals surface area contributed by atoms with Crippen molar-refractivity contribution >= 4 is 5.78 Å². The molecule has 2 atom stereocenters. The zero-order chi connectivity index (χ0) is 14.2. The molecule has 3 rings (SSSR count). The summed E-state index contributed by atoms with van der Waals surface area (Å²) < 4.78 is 10.5. The van der Waals surface area contributed by atoms with Gasteiger partial charge in [-0.1, -0.05) is 0 Å². The number of carbonyl (C=O) groups is 1. The van der Waals surface area contributed by atoms with E-state index in [-0.39, 0.29) is 11.5 Å². The Labute approximate surface area is 116 Å². The summed E-state index contributed by atoms with van der Waals surface area (Å²) in [7, 11) is 1.93. The summed E-state index contributed by atoms with van der Waals surface area (Å²) >= 11 is 0. The van der Waals surface area contributed by atoms with E-state index in [1.807, 2.05) is 11.9 Å². The van der Waals surface area contributed by atoms with Gasteiger partial charge in [-0.15, -0.1) is 0 Å². The highest BCUT2D eigenvalue weighted by molar-refractivity contribution is 5.96. The molecule has 0 bridgehead atoms. The van der Waals surface area contributed by atoms with Gasteiger partial charge in [-0.3, -0.25) is 4.79 Å². The van der Waals surface area contributed by atoms with Crippen molar-refractivity contribution in [1.29, 1.82) is 0 Å². The summed E-state index contributed by atoms with van der Waals surface area (Å²) in [6.45, 7) is 1.18. The molecular weight excluding hydrogens is 258 g/mol. The highest BCUT2D eigenvalue weighted by Gasteiger charge is 2.48. The molecule has 0 radical (unpaired) electrons. The molecule has 5 nitrogen and oxygen atoms in total. The number of aliphatic hydroxyl groups is 1. The van der Waals surface area contributed by atoms with E-state index in [0.29, 0.717) is 25.3 Å². The van der Waals surface area contributed by atoms with Crippen LogP contribution in [0.2, 0.25) is 0 Å². The van der Waals surface area contributed by atoms with Crippen LogP contribution in [0.4, 0.5) is 0 Å². The second kappa shape index (κ2) is 4.92. The van der Waals surface area contributed by atoms with Gasteiger partial charge in [0.05, 0.1) is 18.4 Å². The fourth-order valence-corrected chi connectivity index (χ4v) is 2.80. The molecule has 1 aliphatic heterocycles. The van der Waals surface area contributed by atoms with E-state index in [1.165, 1.54) is 12.5 Å². The maximum absolute atomic E-state index is 12.6. The van der Waals surface area contributed by atoms with Crippen molar-refractivity contribution in [2.45, 2.75) is 12.0 Å². The van der Waals surface area contributed by atoms with E-state index in [0.717, 1.165) is 0 Å². The summed E-state index contributed by atoms with van der Waals surface area (Å²) in [5.41, 5.74) is -1.28. The van der Waals surface area contributed by atoms with E-state index in [2.05, 4.69) is 0 Å². The van der Waals surface area contributed by atoms with Crippen LogP contribution in [-0.2, 0) is 5.60 Å². The topological polar surface area (TPSA) is 66.8 Å². The monoisotopic (exact) mass is 275 g/mol. The lowest BCUT2D eigenvalue weighted by Crippen LogP contribution is -2.51. The van der Waals surface area contributed by atoms with Crippen LogP contribution in [0.5, 0.6) is 0 Å². The van der Waals surface area contributed by atoms with Gasteiger partial charge in [-0.2, -0.15) is 0 Å². The van der Waals surface area contributed by atoms with Gasteiger partial charge in [0.25, 0.3) is 0 Å². The summed E-state index contributed by atoms with van der Waals surface area (Å²) in [5, 5.41) is 11.0. The first-order chi connectivity index (χ1) is 9.61. The molecule has 0 spiro atoms. The number of nitrogens with zero attached hydrogens (tertiary/aromatic N) is 1. The third-order valence-corrected chi connectivity index (χ3v) is 3.97. The number of piperidine rings is 1. The highest BCUT2D eigenvalue weighted by atomic mass is 16.4. The molecular formula is C15H17NO4. The number of likely N-dealkylation sites (tertiary alicyclic amines) is 1. The van der Waals surface area contributed by atoms with Gasteiger partial charge in [0, 0.05) is 13.1 Å². The Hall–Kier alpha value is -1.85. The largest absolute Gasteiger partial charge is 0.466 e. The average Bonchev–Trinajstić information content (AvgIpc) is 3.13.